The van der Waals surface area contributed by atoms with E-state index in [9.17, 15) is 0 Å². The molecule has 0 saturated heterocycles. The summed E-state index contributed by atoms with van der Waals surface area (Å²) in [5.74, 6) is 2.84. The van der Waals surface area contributed by atoms with E-state index >= 15 is 0 Å². The lowest BCUT2D eigenvalue weighted by Crippen LogP contribution is -2.15. The van der Waals surface area contributed by atoms with E-state index in [0.717, 1.165) is 17.8 Å². The molecule has 0 amide bonds. The van der Waals surface area contributed by atoms with Crippen LogP contribution in [0.15, 0.2) is 0 Å². The highest BCUT2D eigenvalue weighted by Gasteiger charge is 2.18. The molecular weight excluding hydrogens is 180 g/mol. The van der Waals surface area contributed by atoms with Gasteiger partial charge in [-0.1, -0.05) is 73.1 Å². The quantitative estimate of drug-likeness (QED) is 0.432. The van der Waals surface area contributed by atoms with Crippen LogP contribution in [0.2, 0.25) is 0 Å². The highest BCUT2D eigenvalue weighted by Crippen LogP contribution is 2.30. The van der Waals surface area contributed by atoms with Crippen molar-refractivity contribution in [2.75, 3.05) is 0 Å². The van der Waals surface area contributed by atoms with Crippen molar-refractivity contribution in [2.24, 2.45) is 17.8 Å². The van der Waals surface area contributed by atoms with Gasteiger partial charge in [-0.15, -0.1) is 0 Å². The third kappa shape index (κ3) is 6.98. The highest BCUT2D eigenvalue weighted by molar-refractivity contribution is 4.69. The zero-order chi connectivity index (χ0) is 11.7. The van der Waals surface area contributed by atoms with E-state index < -0.39 is 0 Å². The van der Waals surface area contributed by atoms with E-state index in [1.807, 2.05) is 0 Å². The highest BCUT2D eigenvalue weighted by atomic mass is 14.2. The van der Waals surface area contributed by atoms with Crippen molar-refractivity contribution >= 4 is 0 Å². The van der Waals surface area contributed by atoms with Gasteiger partial charge in [-0.25, -0.2) is 0 Å². The summed E-state index contributed by atoms with van der Waals surface area (Å²) < 4.78 is 0. The Hall–Kier alpha value is 0. The maximum atomic E-state index is 2.37. The molecule has 0 N–H and O–H groups in total. The molecule has 0 aromatic carbocycles. The van der Waals surface area contributed by atoms with Crippen molar-refractivity contribution in [1.29, 1.82) is 0 Å². The van der Waals surface area contributed by atoms with Gasteiger partial charge in [0.25, 0.3) is 0 Å². The Bertz CT molecular complexity index is 126. The van der Waals surface area contributed by atoms with Gasteiger partial charge in [-0.2, -0.15) is 0 Å². The number of rotatable bonds is 9. The first-order valence-electron chi connectivity index (χ1n) is 7.15. The van der Waals surface area contributed by atoms with Crippen LogP contribution in [0.3, 0.4) is 0 Å². The van der Waals surface area contributed by atoms with Gasteiger partial charge in [0.15, 0.2) is 0 Å². The van der Waals surface area contributed by atoms with Gasteiger partial charge in [0, 0.05) is 0 Å². The minimum absolute atomic E-state index is 0.871. The Kier molecular flexibility index (Phi) is 9.24. The maximum Gasteiger partial charge on any atom is -0.0386 e. The molecule has 2 unspecified atom stereocenters. The Labute approximate surface area is 97.8 Å². The van der Waals surface area contributed by atoms with Crippen molar-refractivity contribution in [3.63, 3.8) is 0 Å². The predicted octanol–water partition coefficient (Wildman–Crippen LogP) is 5.67. The molecule has 0 heterocycles. The summed E-state index contributed by atoms with van der Waals surface area (Å²) in [6.07, 6.45) is 9.89. The lowest BCUT2D eigenvalue weighted by Gasteiger charge is -2.26. The average Bonchev–Trinajstić information content (AvgIpc) is 2.21. The van der Waals surface area contributed by atoms with E-state index in [2.05, 4.69) is 34.6 Å². The summed E-state index contributed by atoms with van der Waals surface area (Å²) >= 11 is 0. The second kappa shape index (κ2) is 9.24. The zero-order valence-corrected chi connectivity index (χ0v) is 11.7. The SMILES string of the molecule is CCCCCC(CC)C(CC)CC(C)C. The molecule has 0 nitrogen and oxygen atoms in total. The fraction of sp³-hybridized carbons (Fsp3) is 1.00. The normalized spacial score (nSPS) is 15.6. The Balaban J connectivity index is 3.96. The number of hydrogen-bond donors (Lipinski definition) is 0. The molecule has 0 aliphatic carbocycles. The molecule has 92 valence electrons. The van der Waals surface area contributed by atoms with E-state index in [4.69, 9.17) is 0 Å². The third-order valence-corrected chi connectivity index (χ3v) is 3.67. The lowest BCUT2D eigenvalue weighted by atomic mass is 9.79. The van der Waals surface area contributed by atoms with Crippen LogP contribution in [-0.2, 0) is 0 Å². The molecule has 0 fully saturated rings. The minimum Gasteiger partial charge on any atom is -0.0654 e. The summed E-state index contributed by atoms with van der Waals surface area (Å²) in [4.78, 5) is 0. The number of unbranched alkanes of at least 4 members (excludes halogenated alkanes) is 2. The largest absolute Gasteiger partial charge is 0.0654 e. The van der Waals surface area contributed by atoms with Crippen LogP contribution in [0, 0.1) is 17.8 Å². The van der Waals surface area contributed by atoms with Crippen LogP contribution < -0.4 is 0 Å². The van der Waals surface area contributed by atoms with Crippen LogP contribution in [0.4, 0.5) is 0 Å². The average molecular weight is 212 g/mol. The third-order valence-electron chi connectivity index (χ3n) is 3.67. The molecule has 0 heteroatoms. The second-order valence-corrected chi connectivity index (χ2v) is 5.46. The van der Waals surface area contributed by atoms with Crippen LogP contribution in [0.1, 0.15) is 79.6 Å². The Morgan fingerprint density at radius 1 is 0.800 bits per heavy atom. The lowest BCUT2D eigenvalue weighted by molar-refractivity contribution is 0.246. The topological polar surface area (TPSA) is 0 Å². The van der Waals surface area contributed by atoms with Crippen molar-refractivity contribution in [3.05, 3.63) is 0 Å². The summed E-state index contributed by atoms with van der Waals surface area (Å²) in [5, 5.41) is 0. The summed E-state index contributed by atoms with van der Waals surface area (Å²) in [6.45, 7) is 11.8. The van der Waals surface area contributed by atoms with Gasteiger partial charge < -0.3 is 0 Å². The first kappa shape index (κ1) is 15.0. The van der Waals surface area contributed by atoms with Gasteiger partial charge in [0.2, 0.25) is 0 Å². The van der Waals surface area contributed by atoms with Crippen LogP contribution in [-0.4, -0.2) is 0 Å². The van der Waals surface area contributed by atoms with Gasteiger partial charge in [-0.3, -0.25) is 0 Å². The molecule has 2 atom stereocenters. The van der Waals surface area contributed by atoms with Crippen LogP contribution in [0.5, 0.6) is 0 Å². The molecule has 0 saturated carbocycles. The monoisotopic (exact) mass is 212 g/mol. The molecule has 0 aliphatic rings. The first-order chi connectivity index (χ1) is 7.15. The maximum absolute atomic E-state index is 2.37. The molecule has 0 aliphatic heterocycles. The van der Waals surface area contributed by atoms with Crippen molar-refractivity contribution in [3.8, 4) is 0 Å². The molecule has 15 heavy (non-hydrogen) atoms. The van der Waals surface area contributed by atoms with E-state index in [-0.39, 0.29) is 0 Å². The predicted molar refractivity (Wildman–Crippen MR) is 71.2 cm³/mol. The van der Waals surface area contributed by atoms with Crippen molar-refractivity contribution in [1.82, 2.24) is 0 Å². The first-order valence-corrected chi connectivity index (χ1v) is 7.15. The molecule has 0 bridgehead atoms. The summed E-state index contributed by atoms with van der Waals surface area (Å²) in [5.41, 5.74) is 0. The van der Waals surface area contributed by atoms with E-state index in [1.54, 1.807) is 0 Å². The fourth-order valence-electron chi connectivity index (χ4n) is 2.73. The van der Waals surface area contributed by atoms with Crippen LogP contribution >= 0.6 is 0 Å². The second-order valence-electron chi connectivity index (χ2n) is 5.46. The molecule has 0 spiro atoms. The van der Waals surface area contributed by atoms with Gasteiger partial charge in [-0.05, 0) is 24.2 Å². The summed E-state index contributed by atoms with van der Waals surface area (Å²) in [7, 11) is 0. The standard InChI is InChI=1S/C15H32/c1-6-9-10-11-14(7-2)15(8-3)12-13(4)5/h13-15H,6-12H2,1-5H3. The van der Waals surface area contributed by atoms with Crippen LogP contribution in [0.25, 0.3) is 0 Å². The van der Waals surface area contributed by atoms with Crippen molar-refractivity contribution < 1.29 is 0 Å². The Morgan fingerprint density at radius 3 is 1.80 bits per heavy atom. The van der Waals surface area contributed by atoms with Gasteiger partial charge in [0.1, 0.15) is 0 Å². The zero-order valence-electron chi connectivity index (χ0n) is 11.7. The van der Waals surface area contributed by atoms with Gasteiger partial charge >= 0.3 is 0 Å². The molecule has 0 aromatic rings. The van der Waals surface area contributed by atoms with E-state index in [1.165, 1.54) is 44.9 Å². The molecule has 0 rings (SSSR count). The number of hydrogen-bond acceptors (Lipinski definition) is 0. The Morgan fingerprint density at radius 2 is 1.40 bits per heavy atom. The van der Waals surface area contributed by atoms with Gasteiger partial charge in [0.05, 0.1) is 0 Å². The van der Waals surface area contributed by atoms with E-state index in [0.29, 0.717) is 0 Å². The summed E-state index contributed by atoms with van der Waals surface area (Å²) in [6, 6.07) is 0. The molecular formula is C15H32. The fourth-order valence-corrected chi connectivity index (χ4v) is 2.73. The molecule has 0 radical (unpaired) electrons. The smallest absolute Gasteiger partial charge is 0.0386 e. The molecule has 0 aromatic heterocycles. The van der Waals surface area contributed by atoms with Crippen molar-refractivity contribution in [2.45, 2.75) is 79.6 Å². The minimum atomic E-state index is 0.871.